The van der Waals surface area contributed by atoms with Gasteiger partial charge in [-0.1, -0.05) is 11.6 Å². The number of hydrogen-bond acceptors (Lipinski definition) is 3. The Hall–Kier alpha value is -1.19. The van der Waals surface area contributed by atoms with Gasteiger partial charge in [-0.05, 0) is 38.1 Å². The maximum atomic E-state index is 5.95. The lowest BCUT2D eigenvalue weighted by Gasteiger charge is -2.05. The summed E-state index contributed by atoms with van der Waals surface area (Å²) in [5.74, 6) is 0.845. The van der Waals surface area contributed by atoms with Gasteiger partial charge in [-0.2, -0.15) is 0 Å². The second kappa shape index (κ2) is 4.76. The van der Waals surface area contributed by atoms with Crippen LogP contribution in [-0.4, -0.2) is 16.5 Å². The van der Waals surface area contributed by atoms with Gasteiger partial charge >= 0.3 is 0 Å². The van der Waals surface area contributed by atoms with Gasteiger partial charge < -0.3 is 5.73 Å². The van der Waals surface area contributed by atoms with Gasteiger partial charge in [0.05, 0.1) is 5.52 Å². The van der Waals surface area contributed by atoms with Gasteiger partial charge in [0, 0.05) is 22.5 Å². The molecule has 0 aliphatic rings. The highest BCUT2D eigenvalue weighted by Crippen LogP contribution is 2.20. The number of benzene rings is 1. The Morgan fingerprint density at radius 1 is 1.31 bits per heavy atom. The minimum atomic E-state index is 0.663. The number of halogens is 1. The van der Waals surface area contributed by atoms with Crippen LogP contribution in [0.25, 0.3) is 10.9 Å². The SMILES string of the molecule is Cc1nc(CCCN)nc2cc(Cl)ccc12. The number of aromatic nitrogens is 2. The summed E-state index contributed by atoms with van der Waals surface area (Å²) in [6.45, 7) is 2.65. The van der Waals surface area contributed by atoms with Crippen LogP contribution in [0.3, 0.4) is 0 Å². The molecule has 0 saturated heterocycles. The van der Waals surface area contributed by atoms with Crippen LogP contribution in [-0.2, 0) is 6.42 Å². The molecule has 2 N–H and O–H groups in total. The van der Waals surface area contributed by atoms with E-state index >= 15 is 0 Å². The quantitative estimate of drug-likeness (QED) is 0.889. The van der Waals surface area contributed by atoms with Crippen LogP contribution in [0.15, 0.2) is 18.2 Å². The second-order valence-electron chi connectivity index (χ2n) is 3.78. The van der Waals surface area contributed by atoms with Crippen molar-refractivity contribution in [2.24, 2.45) is 5.73 Å². The Kier molecular flexibility index (Phi) is 3.36. The molecule has 4 heteroatoms. The lowest BCUT2D eigenvalue weighted by atomic mass is 10.2. The Bertz CT molecular complexity index is 511. The largest absolute Gasteiger partial charge is 0.330 e. The van der Waals surface area contributed by atoms with Crippen molar-refractivity contribution in [3.63, 3.8) is 0 Å². The van der Waals surface area contributed by atoms with Gasteiger partial charge in [0.25, 0.3) is 0 Å². The molecule has 0 aliphatic carbocycles. The highest BCUT2D eigenvalue weighted by molar-refractivity contribution is 6.31. The molecular formula is C12H14ClN3. The van der Waals surface area contributed by atoms with Gasteiger partial charge in [-0.15, -0.1) is 0 Å². The maximum absolute atomic E-state index is 5.95. The molecule has 1 heterocycles. The van der Waals surface area contributed by atoms with E-state index in [-0.39, 0.29) is 0 Å². The summed E-state index contributed by atoms with van der Waals surface area (Å²) in [4.78, 5) is 8.94. The predicted molar refractivity (Wildman–Crippen MR) is 66.7 cm³/mol. The highest BCUT2D eigenvalue weighted by atomic mass is 35.5. The third-order valence-corrected chi connectivity index (χ3v) is 2.74. The lowest BCUT2D eigenvalue weighted by Crippen LogP contribution is -2.04. The Balaban J connectivity index is 2.47. The Labute approximate surface area is 99.7 Å². The molecule has 1 aromatic carbocycles. The van der Waals surface area contributed by atoms with E-state index in [4.69, 9.17) is 17.3 Å². The fraction of sp³-hybridized carbons (Fsp3) is 0.333. The van der Waals surface area contributed by atoms with Crippen LogP contribution < -0.4 is 5.73 Å². The van der Waals surface area contributed by atoms with Gasteiger partial charge in [-0.25, -0.2) is 9.97 Å². The van der Waals surface area contributed by atoms with Crippen molar-refractivity contribution in [2.75, 3.05) is 6.54 Å². The topological polar surface area (TPSA) is 51.8 Å². The highest BCUT2D eigenvalue weighted by Gasteiger charge is 2.04. The molecule has 0 saturated carbocycles. The van der Waals surface area contributed by atoms with Gasteiger partial charge in [0.15, 0.2) is 0 Å². The van der Waals surface area contributed by atoms with E-state index in [1.807, 2.05) is 25.1 Å². The molecule has 0 radical (unpaired) electrons. The summed E-state index contributed by atoms with van der Waals surface area (Å²) in [5, 5.41) is 1.76. The summed E-state index contributed by atoms with van der Waals surface area (Å²) < 4.78 is 0. The Morgan fingerprint density at radius 2 is 2.12 bits per heavy atom. The lowest BCUT2D eigenvalue weighted by molar-refractivity contribution is 0.782. The molecule has 0 spiro atoms. The monoisotopic (exact) mass is 235 g/mol. The summed E-state index contributed by atoms with van der Waals surface area (Å²) in [6.07, 6.45) is 1.73. The molecule has 0 bridgehead atoms. The molecule has 0 aliphatic heterocycles. The molecule has 0 amide bonds. The van der Waals surface area contributed by atoms with E-state index in [0.29, 0.717) is 11.6 Å². The standard InChI is InChI=1S/C12H14ClN3/c1-8-10-5-4-9(13)7-11(10)16-12(15-8)3-2-6-14/h4-5,7H,2-3,6,14H2,1H3. The first-order chi connectivity index (χ1) is 7.70. The molecule has 16 heavy (non-hydrogen) atoms. The average Bonchev–Trinajstić information content (AvgIpc) is 2.25. The van der Waals surface area contributed by atoms with Crippen molar-refractivity contribution >= 4 is 22.5 Å². The zero-order chi connectivity index (χ0) is 11.5. The predicted octanol–water partition coefficient (Wildman–Crippen LogP) is 2.48. The van der Waals surface area contributed by atoms with Crippen molar-refractivity contribution in [2.45, 2.75) is 19.8 Å². The zero-order valence-electron chi connectivity index (χ0n) is 9.20. The first-order valence-electron chi connectivity index (χ1n) is 5.33. The fourth-order valence-electron chi connectivity index (χ4n) is 1.69. The van der Waals surface area contributed by atoms with E-state index < -0.39 is 0 Å². The van der Waals surface area contributed by atoms with Crippen molar-refractivity contribution in [3.05, 3.63) is 34.7 Å². The van der Waals surface area contributed by atoms with E-state index in [1.165, 1.54) is 0 Å². The van der Waals surface area contributed by atoms with Gasteiger partial charge in [0.2, 0.25) is 0 Å². The fourth-order valence-corrected chi connectivity index (χ4v) is 1.86. The summed E-state index contributed by atoms with van der Waals surface area (Å²) >= 11 is 5.95. The third-order valence-electron chi connectivity index (χ3n) is 2.50. The normalized spacial score (nSPS) is 10.9. The molecule has 3 nitrogen and oxygen atoms in total. The van der Waals surface area contributed by atoms with E-state index in [1.54, 1.807) is 0 Å². The van der Waals surface area contributed by atoms with E-state index in [0.717, 1.165) is 35.3 Å². The first kappa shape index (κ1) is 11.3. The van der Waals surface area contributed by atoms with Crippen molar-refractivity contribution in [3.8, 4) is 0 Å². The van der Waals surface area contributed by atoms with Crippen LogP contribution in [0.4, 0.5) is 0 Å². The molecule has 2 rings (SSSR count). The number of fused-ring (bicyclic) bond motifs is 1. The minimum Gasteiger partial charge on any atom is -0.330 e. The average molecular weight is 236 g/mol. The zero-order valence-corrected chi connectivity index (χ0v) is 9.96. The minimum absolute atomic E-state index is 0.663. The number of nitrogens with zero attached hydrogens (tertiary/aromatic N) is 2. The van der Waals surface area contributed by atoms with Crippen LogP contribution in [0.2, 0.25) is 5.02 Å². The number of aryl methyl sites for hydroxylation is 2. The van der Waals surface area contributed by atoms with Gasteiger partial charge in [0.1, 0.15) is 5.82 Å². The second-order valence-corrected chi connectivity index (χ2v) is 4.22. The molecule has 1 aromatic heterocycles. The molecule has 2 aromatic rings. The smallest absolute Gasteiger partial charge is 0.129 e. The van der Waals surface area contributed by atoms with Crippen molar-refractivity contribution < 1.29 is 0 Å². The van der Waals surface area contributed by atoms with E-state index in [9.17, 15) is 0 Å². The van der Waals surface area contributed by atoms with Crippen LogP contribution in [0.5, 0.6) is 0 Å². The summed E-state index contributed by atoms with van der Waals surface area (Å²) in [5.41, 5.74) is 7.38. The van der Waals surface area contributed by atoms with E-state index in [2.05, 4.69) is 9.97 Å². The summed E-state index contributed by atoms with van der Waals surface area (Å²) in [7, 11) is 0. The number of rotatable bonds is 3. The van der Waals surface area contributed by atoms with Crippen LogP contribution >= 0.6 is 11.6 Å². The van der Waals surface area contributed by atoms with Gasteiger partial charge in [-0.3, -0.25) is 0 Å². The van der Waals surface area contributed by atoms with Crippen LogP contribution in [0, 0.1) is 6.92 Å². The molecule has 0 unspecified atom stereocenters. The number of nitrogens with two attached hydrogens (primary N) is 1. The Morgan fingerprint density at radius 3 is 2.88 bits per heavy atom. The van der Waals surface area contributed by atoms with Crippen LogP contribution in [0.1, 0.15) is 17.9 Å². The molecule has 84 valence electrons. The maximum Gasteiger partial charge on any atom is 0.129 e. The third kappa shape index (κ3) is 2.31. The molecular weight excluding hydrogens is 222 g/mol. The van der Waals surface area contributed by atoms with Crippen molar-refractivity contribution in [1.82, 2.24) is 9.97 Å². The number of hydrogen-bond donors (Lipinski definition) is 1. The molecule has 0 fully saturated rings. The first-order valence-corrected chi connectivity index (χ1v) is 5.71. The van der Waals surface area contributed by atoms with Crippen molar-refractivity contribution in [1.29, 1.82) is 0 Å². The molecule has 0 atom stereocenters. The summed E-state index contributed by atoms with van der Waals surface area (Å²) in [6, 6.07) is 5.69.